The summed E-state index contributed by atoms with van der Waals surface area (Å²) in [6.45, 7) is 0. The van der Waals surface area contributed by atoms with E-state index < -0.39 is 5.41 Å². The lowest BCUT2D eigenvalue weighted by molar-refractivity contribution is 0.669. The van der Waals surface area contributed by atoms with E-state index >= 15 is 0 Å². The predicted octanol–water partition coefficient (Wildman–Crippen LogP) is 13.8. The van der Waals surface area contributed by atoms with Gasteiger partial charge in [-0.15, -0.1) is 11.3 Å². The number of nitrogens with zero attached hydrogens (tertiary/aromatic N) is 1. The molecule has 8 aromatic carbocycles. The molecule has 2 aromatic heterocycles. The third kappa shape index (κ3) is 4.11. The van der Waals surface area contributed by atoms with Gasteiger partial charge < -0.3 is 9.32 Å². The Balaban J connectivity index is 1.20. The SMILES string of the molecule is c1ccc(C2(c3ccccc3)c3ccccc3-c3cc(N(c4ccc5oc6ccccc6c5c4)c4cccc5c4sc4ccccc45)ccc32)cc1. The summed E-state index contributed by atoms with van der Waals surface area (Å²) in [5.41, 5.74) is 12.4. The van der Waals surface area contributed by atoms with Crippen molar-refractivity contribution >= 4 is 70.5 Å². The Morgan fingerprint density at radius 2 is 1.04 bits per heavy atom. The van der Waals surface area contributed by atoms with Gasteiger partial charge in [0, 0.05) is 37.6 Å². The van der Waals surface area contributed by atoms with Crippen LogP contribution in [0, 0.1) is 0 Å². The molecule has 2 nitrogen and oxygen atoms in total. The summed E-state index contributed by atoms with van der Waals surface area (Å²) in [6, 6.07) is 68.6. The monoisotopic (exact) mass is 681 g/mol. The average molecular weight is 682 g/mol. The van der Waals surface area contributed by atoms with Crippen LogP contribution in [-0.4, -0.2) is 0 Å². The van der Waals surface area contributed by atoms with Crippen molar-refractivity contribution in [1.29, 1.82) is 0 Å². The van der Waals surface area contributed by atoms with Crippen molar-refractivity contribution in [2.24, 2.45) is 0 Å². The zero-order chi connectivity index (χ0) is 34.2. The van der Waals surface area contributed by atoms with E-state index in [1.54, 1.807) is 0 Å². The molecule has 52 heavy (non-hydrogen) atoms. The molecule has 244 valence electrons. The Bertz CT molecular complexity index is 2930. The Labute approximate surface area is 305 Å². The minimum Gasteiger partial charge on any atom is -0.456 e. The summed E-state index contributed by atoms with van der Waals surface area (Å²) in [4.78, 5) is 2.45. The van der Waals surface area contributed by atoms with Crippen LogP contribution >= 0.6 is 11.3 Å². The summed E-state index contributed by atoms with van der Waals surface area (Å²) < 4.78 is 8.86. The Kier molecular flexibility index (Phi) is 6.37. The minimum absolute atomic E-state index is 0.447. The molecule has 0 spiro atoms. The molecule has 1 aliphatic carbocycles. The third-order valence-corrected chi connectivity index (χ3v) is 12.2. The number of para-hydroxylation sites is 1. The van der Waals surface area contributed by atoms with Crippen LogP contribution in [-0.2, 0) is 5.41 Å². The molecule has 0 unspecified atom stereocenters. The van der Waals surface area contributed by atoms with E-state index in [1.807, 2.05) is 23.5 Å². The molecule has 0 radical (unpaired) electrons. The fraction of sp³-hybridized carbons (Fsp3) is 0.0204. The third-order valence-electron chi connectivity index (χ3n) is 10.9. The number of rotatable bonds is 5. The molecule has 0 fully saturated rings. The Morgan fingerprint density at radius 1 is 0.423 bits per heavy atom. The van der Waals surface area contributed by atoms with Crippen LogP contribution in [0.15, 0.2) is 192 Å². The maximum absolute atomic E-state index is 6.30. The maximum atomic E-state index is 6.30. The first-order chi connectivity index (χ1) is 25.8. The van der Waals surface area contributed by atoms with Crippen LogP contribution in [0.4, 0.5) is 17.1 Å². The standard InChI is InChI=1S/C49H31NOS/c1-3-14-32(15-4-1)49(33-16-5-2-6-17-33)42-22-10-7-18-36(42)40-30-34(26-28-43(40)49)50(35-27-29-46-41(31-35)37-19-8-11-24-45(37)51-46)44-23-13-21-39-38-20-9-12-25-47(38)52-48(39)44/h1-31H. The number of benzene rings is 8. The maximum Gasteiger partial charge on any atom is 0.135 e. The van der Waals surface area contributed by atoms with Gasteiger partial charge in [0.25, 0.3) is 0 Å². The molecule has 11 rings (SSSR count). The lowest BCUT2D eigenvalue weighted by Crippen LogP contribution is -2.28. The van der Waals surface area contributed by atoms with Gasteiger partial charge in [0.1, 0.15) is 11.2 Å². The van der Waals surface area contributed by atoms with Crippen molar-refractivity contribution < 1.29 is 4.42 Å². The topological polar surface area (TPSA) is 16.4 Å². The molecule has 0 aliphatic heterocycles. The second kappa shape index (κ2) is 11.3. The van der Waals surface area contributed by atoms with E-state index in [9.17, 15) is 0 Å². The predicted molar refractivity (Wildman–Crippen MR) is 219 cm³/mol. The van der Waals surface area contributed by atoms with Gasteiger partial charge in [-0.1, -0.05) is 140 Å². The molecule has 0 bridgehead atoms. The summed E-state index contributed by atoms with van der Waals surface area (Å²) in [5.74, 6) is 0. The highest BCUT2D eigenvalue weighted by Gasteiger charge is 2.46. The molecule has 0 saturated carbocycles. The highest BCUT2D eigenvalue weighted by Crippen LogP contribution is 2.57. The second-order valence-corrected chi connectivity index (χ2v) is 14.7. The summed E-state index contributed by atoms with van der Waals surface area (Å²) in [7, 11) is 0. The molecule has 0 N–H and O–H groups in total. The number of hydrogen-bond acceptors (Lipinski definition) is 3. The van der Waals surface area contributed by atoms with Crippen molar-refractivity contribution in [2.75, 3.05) is 4.90 Å². The first-order valence-corrected chi connectivity index (χ1v) is 18.6. The first kappa shape index (κ1) is 29.3. The molecule has 0 atom stereocenters. The largest absolute Gasteiger partial charge is 0.456 e. The van der Waals surface area contributed by atoms with Gasteiger partial charge in [-0.2, -0.15) is 0 Å². The van der Waals surface area contributed by atoms with Crippen molar-refractivity contribution in [3.05, 3.63) is 210 Å². The van der Waals surface area contributed by atoms with Gasteiger partial charge in [0.05, 0.1) is 15.8 Å². The van der Waals surface area contributed by atoms with Gasteiger partial charge in [-0.25, -0.2) is 0 Å². The fourth-order valence-electron chi connectivity index (χ4n) is 8.76. The van der Waals surface area contributed by atoms with Crippen molar-refractivity contribution in [2.45, 2.75) is 5.41 Å². The summed E-state index contributed by atoms with van der Waals surface area (Å²) in [5, 5.41) is 4.80. The van der Waals surface area contributed by atoms with Gasteiger partial charge in [0.15, 0.2) is 0 Å². The van der Waals surface area contributed by atoms with Gasteiger partial charge >= 0.3 is 0 Å². The zero-order valence-corrected chi connectivity index (χ0v) is 29.0. The lowest BCUT2D eigenvalue weighted by atomic mass is 9.68. The number of fused-ring (bicyclic) bond motifs is 9. The van der Waals surface area contributed by atoms with Gasteiger partial charge in [-0.3, -0.25) is 0 Å². The Morgan fingerprint density at radius 3 is 1.87 bits per heavy atom. The summed E-state index contributed by atoms with van der Waals surface area (Å²) >= 11 is 1.86. The molecule has 10 aromatic rings. The average Bonchev–Trinajstić information content (AvgIpc) is 3.87. The fourth-order valence-corrected chi connectivity index (χ4v) is 9.97. The number of hydrogen-bond donors (Lipinski definition) is 0. The van der Waals surface area contributed by atoms with E-state index in [0.717, 1.165) is 39.0 Å². The highest BCUT2D eigenvalue weighted by molar-refractivity contribution is 7.26. The Hall–Kier alpha value is -6.42. The molecule has 0 saturated heterocycles. The molecule has 3 heteroatoms. The molecule has 0 amide bonds. The zero-order valence-electron chi connectivity index (χ0n) is 28.2. The van der Waals surface area contributed by atoms with Crippen LogP contribution < -0.4 is 4.90 Å². The van der Waals surface area contributed by atoms with E-state index in [0.29, 0.717) is 0 Å². The van der Waals surface area contributed by atoms with Crippen LogP contribution in [0.1, 0.15) is 22.3 Å². The minimum atomic E-state index is -0.447. The van der Waals surface area contributed by atoms with Crippen LogP contribution in [0.2, 0.25) is 0 Å². The van der Waals surface area contributed by atoms with E-state index in [2.05, 4.69) is 181 Å². The number of thiophene rings is 1. The van der Waals surface area contributed by atoms with Gasteiger partial charge in [-0.05, 0) is 81.9 Å². The van der Waals surface area contributed by atoms with Crippen LogP contribution in [0.25, 0.3) is 53.2 Å². The second-order valence-electron chi connectivity index (χ2n) is 13.6. The molecular formula is C49H31NOS. The number of anilines is 3. The van der Waals surface area contributed by atoms with Crippen LogP contribution in [0.3, 0.4) is 0 Å². The van der Waals surface area contributed by atoms with Crippen molar-refractivity contribution in [3.8, 4) is 11.1 Å². The summed E-state index contributed by atoms with van der Waals surface area (Å²) in [6.07, 6.45) is 0. The van der Waals surface area contributed by atoms with E-state index in [1.165, 1.54) is 53.6 Å². The van der Waals surface area contributed by atoms with E-state index in [4.69, 9.17) is 4.42 Å². The van der Waals surface area contributed by atoms with Crippen molar-refractivity contribution in [3.63, 3.8) is 0 Å². The lowest BCUT2D eigenvalue weighted by Gasteiger charge is -2.34. The highest BCUT2D eigenvalue weighted by atomic mass is 32.1. The molecule has 1 aliphatic rings. The van der Waals surface area contributed by atoms with Gasteiger partial charge in [0.2, 0.25) is 0 Å². The van der Waals surface area contributed by atoms with Crippen molar-refractivity contribution in [1.82, 2.24) is 0 Å². The normalized spacial score (nSPS) is 13.2. The van der Waals surface area contributed by atoms with E-state index in [-0.39, 0.29) is 0 Å². The first-order valence-electron chi connectivity index (χ1n) is 17.8. The quantitative estimate of drug-likeness (QED) is 0.180. The van der Waals surface area contributed by atoms with Crippen LogP contribution in [0.5, 0.6) is 0 Å². The number of furan rings is 1. The smallest absolute Gasteiger partial charge is 0.135 e. The molecule has 2 heterocycles. The molecular weight excluding hydrogens is 651 g/mol.